The highest BCUT2D eigenvalue weighted by Gasteiger charge is 2.23. The SMILES string of the molecule is CCCCN1c2ccccc2NC1N. The summed E-state index contributed by atoms with van der Waals surface area (Å²) in [6.07, 6.45) is 2.33. The highest BCUT2D eigenvalue weighted by Crippen LogP contribution is 2.32. The molecule has 2 rings (SSSR count). The van der Waals surface area contributed by atoms with Crippen LogP contribution in [0.15, 0.2) is 24.3 Å². The van der Waals surface area contributed by atoms with Gasteiger partial charge in [0, 0.05) is 6.54 Å². The lowest BCUT2D eigenvalue weighted by atomic mass is 10.2. The molecule has 0 aliphatic carbocycles. The molecule has 76 valence electrons. The lowest BCUT2D eigenvalue weighted by Crippen LogP contribution is -2.43. The van der Waals surface area contributed by atoms with E-state index >= 15 is 0 Å². The van der Waals surface area contributed by atoms with E-state index in [9.17, 15) is 0 Å². The smallest absolute Gasteiger partial charge is 0.153 e. The number of fused-ring (bicyclic) bond motifs is 1. The molecule has 1 aliphatic rings. The normalized spacial score (nSPS) is 19.3. The Labute approximate surface area is 84.9 Å². The topological polar surface area (TPSA) is 41.3 Å². The van der Waals surface area contributed by atoms with Crippen molar-refractivity contribution in [2.75, 3.05) is 16.8 Å². The van der Waals surface area contributed by atoms with Crippen molar-refractivity contribution in [3.05, 3.63) is 24.3 Å². The molecule has 1 heterocycles. The van der Waals surface area contributed by atoms with Crippen LogP contribution in [0.1, 0.15) is 19.8 Å². The zero-order valence-corrected chi connectivity index (χ0v) is 8.53. The van der Waals surface area contributed by atoms with E-state index in [-0.39, 0.29) is 6.29 Å². The highest BCUT2D eigenvalue weighted by atomic mass is 15.4. The fourth-order valence-electron chi connectivity index (χ4n) is 1.82. The Bertz CT molecular complexity index is 311. The van der Waals surface area contributed by atoms with Crippen molar-refractivity contribution in [3.63, 3.8) is 0 Å². The average molecular weight is 191 g/mol. The zero-order chi connectivity index (χ0) is 9.97. The van der Waals surface area contributed by atoms with Gasteiger partial charge in [0.2, 0.25) is 0 Å². The van der Waals surface area contributed by atoms with Gasteiger partial charge in [0.15, 0.2) is 6.29 Å². The second-order valence-corrected chi connectivity index (χ2v) is 3.65. The number of para-hydroxylation sites is 2. The Morgan fingerprint density at radius 3 is 3.00 bits per heavy atom. The maximum Gasteiger partial charge on any atom is 0.153 e. The van der Waals surface area contributed by atoms with Crippen molar-refractivity contribution in [1.29, 1.82) is 0 Å². The van der Waals surface area contributed by atoms with Crippen molar-refractivity contribution in [2.45, 2.75) is 26.1 Å². The molecule has 0 amide bonds. The van der Waals surface area contributed by atoms with Gasteiger partial charge < -0.3 is 10.2 Å². The molecular weight excluding hydrogens is 174 g/mol. The van der Waals surface area contributed by atoms with Crippen LogP contribution in [0.3, 0.4) is 0 Å². The van der Waals surface area contributed by atoms with E-state index in [1.165, 1.54) is 18.5 Å². The Balaban J connectivity index is 2.17. The van der Waals surface area contributed by atoms with E-state index < -0.39 is 0 Å². The van der Waals surface area contributed by atoms with Crippen LogP contribution in [0, 0.1) is 0 Å². The van der Waals surface area contributed by atoms with Gasteiger partial charge in [-0.3, -0.25) is 5.73 Å². The Kier molecular flexibility index (Phi) is 2.59. The molecule has 1 atom stereocenters. The molecule has 3 N–H and O–H groups in total. The summed E-state index contributed by atoms with van der Waals surface area (Å²) < 4.78 is 0. The number of hydrogen-bond acceptors (Lipinski definition) is 3. The fourth-order valence-corrected chi connectivity index (χ4v) is 1.82. The first-order chi connectivity index (χ1) is 6.83. The summed E-state index contributed by atoms with van der Waals surface area (Å²) in [5.74, 6) is 0. The average Bonchev–Trinajstić information content (AvgIpc) is 2.51. The number of hydrogen-bond donors (Lipinski definition) is 2. The maximum atomic E-state index is 5.98. The largest absolute Gasteiger partial charge is 0.351 e. The first-order valence-electron chi connectivity index (χ1n) is 5.20. The van der Waals surface area contributed by atoms with Gasteiger partial charge in [-0.05, 0) is 18.6 Å². The second kappa shape index (κ2) is 3.88. The molecule has 1 aliphatic heterocycles. The van der Waals surface area contributed by atoms with Gasteiger partial charge in [-0.15, -0.1) is 0 Å². The monoisotopic (exact) mass is 191 g/mol. The number of unbranched alkanes of at least 4 members (excludes halogenated alkanes) is 1. The molecule has 1 aromatic rings. The summed E-state index contributed by atoms with van der Waals surface area (Å²) in [7, 11) is 0. The molecule has 1 aromatic carbocycles. The molecule has 0 bridgehead atoms. The summed E-state index contributed by atoms with van der Waals surface area (Å²) in [5.41, 5.74) is 8.36. The first-order valence-corrected chi connectivity index (χ1v) is 5.20. The molecule has 0 spiro atoms. The third-order valence-electron chi connectivity index (χ3n) is 2.61. The lowest BCUT2D eigenvalue weighted by Gasteiger charge is -2.23. The van der Waals surface area contributed by atoms with Crippen LogP contribution in [0.5, 0.6) is 0 Å². The van der Waals surface area contributed by atoms with Crippen LogP contribution in [-0.4, -0.2) is 12.8 Å². The van der Waals surface area contributed by atoms with Crippen LogP contribution >= 0.6 is 0 Å². The van der Waals surface area contributed by atoms with Gasteiger partial charge >= 0.3 is 0 Å². The molecule has 0 aromatic heterocycles. The Morgan fingerprint density at radius 1 is 1.43 bits per heavy atom. The fraction of sp³-hybridized carbons (Fsp3) is 0.455. The zero-order valence-electron chi connectivity index (χ0n) is 8.53. The summed E-state index contributed by atoms with van der Waals surface area (Å²) in [6, 6.07) is 8.27. The van der Waals surface area contributed by atoms with E-state index in [1.54, 1.807) is 0 Å². The molecule has 1 unspecified atom stereocenters. The van der Waals surface area contributed by atoms with Gasteiger partial charge in [-0.2, -0.15) is 0 Å². The summed E-state index contributed by atoms with van der Waals surface area (Å²) in [5, 5.41) is 3.26. The highest BCUT2D eigenvalue weighted by molar-refractivity contribution is 5.75. The third kappa shape index (κ3) is 1.55. The number of anilines is 2. The summed E-state index contributed by atoms with van der Waals surface area (Å²) in [4.78, 5) is 2.22. The van der Waals surface area contributed by atoms with Crippen LogP contribution < -0.4 is 16.0 Å². The van der Waals surface area contributed by atoms with Crippen LogP contribution in [-0.2, 0) is 0 Å². The van der Waals surface area contributed by atoms with Gasteiger partial charge in [0.1, 0.15) is 0 Å². The van der Waals surface area contributed by atoms with E-state index in [2.05, 4.69) is 35.3 Å². The predicted octanol–water partition coefficient (Wildman–Crippen LogP) is 1.96. The van der Waals surface area contributed by atoms with Gasteiger partial charge in [0.05, 0.1) is 11.4 Å². The van der Waals surface area contributed by atoms with Crippen molar-refractivity contribution >= 4 is 11.4 Å². The lowest BCUT2D eigenvalue weighted by molar-refractivity contribution is 0.658. The van der Waals surface area contributed by atoms with E-state index in [0.29, 0.717) is 0 Å². The minimum Gasteiger partial charge on any atom is -0.351 e. The van der Waals surface area contributed by atoms with Gasteiger partial charge in [0.25, 0.3) is 0 Å². The molecule has 0 radical (unpaired) electrons. The second-order valence-electron chi connectivity index (χ2n) is 3.65. The first kappa shape index (κ1) is 9.34. The van der Waals surface area contributed by atoms with E-state index in [0.717, 1.165) is 12.2 Å². The van der Waals surface area contributed by atoms with Gasteiger partial charge in [-0.25, -0.2) is 0 Å². The number of nitrogens with two attached hydrogens (primary N) is 1. The molecule has 0 fully saturated rings. The van der Waals surface area contributed by atoms with Crippen molar-refractivity contribution < 1.29 is 0 Å². The van der Waals surface area contributed by atoms with Crippen molar-refractivity contribution in [1.82, 2.24) is 0 Å². The standard InChI is InChI=1S/C11H17N3/c1-2-3-8-14-10-7-5-4-6-9(10)13-11(14)12/h4-7,11,13H,2-3,8,12H2,1H3. The molecule has 0 saturated carbocycles. The van der Waals surface area contributed by atoms with Crippen molar-refractivity contribution in [3.8, 4) is 0 Å². The van der Waals surface area contributed by atoms with Crippen LogP contribution in [0.2, 0.25) is 0 Å². The molecular formula is C11H17N3. The minimum absolute atomic E-state index is 0.0565. The van der Waals surface area contributed by atoms with E-state index in [1.807, 2.05) is 6.07 Å². The number of rotatable bonds is 3. The molecule has 3 heteroatoms. The summed E-state index contributed by atoms with van der Waals surface area (Å²) >= 11 is 0. The van der Waals surface area contributed by atoms with Gasteiger partial charge in [-0.1, -0.05) is 25.5 Å². The third-order valence-corrected chi connectivity index (χ3v) is 2.61. The molecule has 3 nitrogen and oxygen atoms in total. The van der Waals surface area contributed by atoms with Crippen molar-refractivity contribution in [2.24, 2.45) is 5.73 Å². The van der Waals surface area contributed by atoms with Crippen LogP contribution in [0.25, 0.3) is 0 Å². The minimum atomic E-state index is -0.0565. The van der Waals surface area contributed by atoms with Crippen LogP contribution in [0.4, 0.5) is 11.4 Å². The molecule has 14 heavy (non-hydrogen) atoms. The number of benzene rings is 1. The Morgan fingerprint density at radius 2 is 2.21 bits per heavy atom. The predicted molar refractivity (Wildman–Crippen MR) is 60.3 cm³/mol. The quantitative estimate of drug-likeness (QED) is 0.767. The number of nitrogens with zero attached hydrogens (tertiary/aromatic N) is 1. The Hall–Kier alpha value is -1.22. The van der Waals surface area contributed by atoms with E-state index in [4.69, 9.17) is 5.73 Å². The molecule has 0 saturated heterocycles. The maximum absolute atomic E-state index is 5.98. The number of nitrogens with one attached hydrogen (secondary N) is 1. The summed E-state index contributed by atoms with van der Waals surface area (Å²) in [6.45, 7) is 3.22.